The monoisotopic (exact) mass is 381 g/mol. The van der Waals surface area contributed by atoms with Gasteiger partial charge in [0.05, 0.1) is 28.7 Å². The fourth-order valence-corrected chi connectivity index (χ4v) is 4.70. The molecule has 150 valence electrons. The molecule has 0 amide bonds. The lowest BCUT2D eigenvalue weighted by Crippen LogP contribution is -2.25. The van der Waals surface area contributed by atoms with E-state index < -0.39 is 11.4 Å². The fourth-order valence-electron chi connectivity index (χ4n) is 4.70. The Hall–Kier alpha value is -2.35. The second kappa shape index (κ2) is 8.77. The summed E-state index contributed by atoms with van der Waals surface area (Å²) in [7, 11) is 0. The molecule has 0 radical (unpaired) electrons. The van der Waals surface area contributed by atoms with Gasteiger partial charge in [0.25, 0.3) is 0 Å². The van der Waals surface area contributed by atoms with E-state index in [-0.39, 0.29) is 6.42 Å². The molecule has 1 aliphatic carbocycles. The van der Waals surface area contributed by atoms with E-state index in [4.69, 9.17) is 5.10 Å². The first-order valence-electron chi connectivity index (χ1n) is 10.7. The second-order valence-corrected chi connectivity index (χ2v) is 8.11. The Kier molecular flexibility index (Phi) is 6.39. The van der Waals surface area contributed by atoms with Crippen molar-refractivity contribution in [2.24, 2.45) is 0 Å². The van der Waals surface area contributed by atoms with Gasteiger partial charge in [-0.05, 0) is 43.7 Å². The number of aryl methyl sites for hydroxylation is 1. The number of carboxylic acids is 1. The van der Waals surface area contributed by atoms with Crippen LogP contribution in [-0.2, 0) is 16.6 Å². The molecule has 1 aromatic carbocycles. The van der Waals surface area contributed by atoms with E-state index >= 15 is 0 Å². The molecule has 0 spiro atoms. The highest BCUT2D eigenvalue weighted by Crippen LogP contribution is 2.38. The molecule has 1 heterocycles. The average molecular weight is 382 g/mol. The normalized spacial score (nSPS) is 17.3. The van der Waals surface area contributed by atoms with Crippen molar-refractivity contribution < 1.29 is 9.90 Å². The minimum Gasteiger partial charge on any atom is -0.481 e. The maximum atomic E-state index is 11.2. The number of carbonyl (C=O) groups is 1. The van der Waals surface area contributed by atoms with Gasteiger partial charge in [-0.2, -0.15) is 10.4 Å². The lowest BCUT2D eigenvalue weighted by Gasteiger charge is -2.27. The minimum atomic E-state index is -0.850. The third-order valence-electron chi connectivity index (χ3n) is 6.25. The number of benzene rings is 1. The van der Waals surface area contributed by atoms with Crippen molar-refractivity contribution in [3.8, 4) is 6.07 Å². The molecule has 1 atom stereocenters. The standard InChI is InChI=1S/C23H31N3O2/c1-3-13-23(16-24,14-12-22(27)28)17-10-11-19-20(4-2)25-26(21(19)15-17)18-8-6-5-7-9-18/h10-11,15,18H,3-9,12-14H2,1-2H3,(H,27,28). The summed E-state index contributed by atoms with van der Waals surface area (Å²) in [6.07, 6.45) is 8.83. The molecule has 3 rings (SSSR count). The van der Waals surface area contributed by atoms with Crippen LogP contribution in [-0.4, -0.2) is 20.9 Å². The van der Waals surface area contributed by atoms with Gasteiger partial charge < -0.3 is 5.11 Å². The summed E-state index contributed by atoms with van der Waals surface area (Å²) in [6, 6.07) is 9.14. The molecule has 5 heteroatoms. The van der Waals surface area contributed by atoms with Gasteiger partial charge in [-0.15, -0.1) is 0 Å². The van der Waals surface area contributed by atoms with Gasteiger partial charge in [-0.25, -0.2) is 0 Å². The Morgan fingerprint density at radius 3 is 2.64 bits per heavy atom. The summed E-state index contributed by atoms with van der Waals surface area (Å²) in [4.78, 5) is 11.2. The maximum Gasteiger partial charge on any atom is 0.303 e. The summed E-state index contributed by atoms with van der Waals surface area (Å²) >= 11 is 0. The van der Waals surface area contributed by atoms with Crippen molar-refractivity contribution in [3.63, 3.8) is 0 Å². The zero-order chi connectivity index (χ0) is 20.1. The van der Waals surface area contributed by atoms with E-state index in [9.17, 15) is 15.2 Å². The zero-order valence-corrected chi connectivity index (χ0v) is 17.1. The van der Waals surface area contributed by atoms with Gasteiger partial charge in [0.1, 0.15) is 0 Å². The highest BCUT2D eigenvalue weighted by atomic mass is 16.4. The molecule has 1 unspecified atom stereocenters. The predicted molar refractivity (Wildman–Crippen MR) is 110 cm³/mol. The summed E-state index contributed by atoms with van der Waals surface area (Å²) in [5, 5.41) is 25.3. The number of carboxylic acid groups (broad SMARTS) is 1. The first-order chi connectivity index (χ1) is 13.5. The van der Waals surface area contributed by atoms with Gasteiger partial charge in [-0.3, -0.25) is 9.48 Å². The lowest BCUT2D eigenvalue weighted by molar-refractivity contribution is -0.137. The van der Waals surface area contributed by atoms with Crippen molar-refractivity contribution >= 4 is 16.9 Å². The van der Waals surface area contributed by atoms with Crippen LogP contribution in [0.25, 0.3) is 10.9 Å². The van der Waals surface area contributed by atoms with Gasteiger partial charge in [0, 0.05) is 11.8 Å². The van der Waals surface area contributed by atoms with Crippen LogP contribution in [0.2, 0.25) is 0 Å². The number of fused-ring (bicyclic) bond motifs is 1. The maximum absolute atomic E-state index is 11.2. The highest BCUT2D eigenvalue weighted by Gasteiger charge is 2.33. The molecule has 0 saturated heterocycles. The molecule has 0 bridgehead atoms. The predicted octanol–water partition coefficient (Wildman–Crippen LogP) is 5.53. The summed E-state index contributed by atoms with van der Waals surface area (Å²) in [5.74, 6) is -0.850. The van der Waals surface area contributed by atoms with Gasteiger partial charge in [0.15, 0.2) is 0 Å². The van der Waals surface area contributed by atoms with Gasteiger partial charge in [0.2, 0.25) is 0 Å². The molecule has 1 saturated carbocycles. The van der Waals surface area contributed by atoms with Crippen LogP contribution in [0.3, 0.4) is 0 Å². The Bertz CT molecular complexity index is 874. The summed E-state index contributed by atoms with van der Waals surface area (Å²) < 4.78 is 2.20. The van der Waals surface area contributed by atoms with E-state index in [1.807, 2.05) is 13.0 Å². The van der Waals surface area contributed by atoms with E-state index in [1.165, 1.54) is 24.6 Å². The number of hydrogen-bond acceptors (Lipinski definition) is 3. The number of nitriles is 1. The summed E-state index contributed by atoms with van der Waals surface area (Å²) in [6.45, 7) is 4.18. The molecule has 5 nitrogen and oxygen atoms in total. The largest absolute Gasteiger partial charge is 0.481 e. The van der Waals surface area contributed by atoms with E-state index in [0.29, 0.717) is 18.9 Å². The van der Waals surface area contributed by atoms with E-state index in [0.717, 1.165) is 42.5 Å². The van der Waals surface area contributed by atoms with Crippen LogP contribution in [0.5, 0.6) is 0 Å². The zero-order valence-electron chi connectivity index (χ0n) is 17.1. The van der Waals surface area contributed by atoms with Crippen LogP contribution in [0, 0.1) is 11.3 Å². The first-order valence-corrected chi connectivity index (χ1v) is 10.7. The van der Waals surface area contributed by atoms with Crippen LogP contribution in [0.1, 0.15) is 88.9 Å². The van der Waals surface area contributed by atoms with Crippen LogP contribution >= 0.6 is 0 Å². The number of nitrogens with zero attached hydrogens (tertiary/aromatic N) is 3. The molecule has 1 fully saturated rings. The summed E-state index contributed by atoms with van der Waals surface area (Å²) in [5.41, 5.74) is 2.39. The van der Waals surface area contributed by atoms with E-state index in [2.05, 4.69) is 29.8 Å². The van der Waals surface area contributed by atoms with Gasteiger partial charge >= 0.3 is 5.97 Å². The molecular formula is C23H31N3O2. The number of aromatic nitrogens is 2. The van der Waals surface area contributed by atoms with Crippen molar-refractivity contribution in [2.45, 2.75) is 89.5 Å². The number of aliphatic carboxylic acids is 1. The van der Waals surface area contributed by atoms with Crippen LogP contribution in [0.15, 0.2) is 18.2 Å². The average Bonchev–Trinajstić information content (AvgIpc) is 3.10. The molecule has 1 N–H and O–H groups in total. The number of hydrogen-bond donors (Lipinski definition) is 1. The third kappa shape index (κ3) is 3.92. The van der Waals surface area contributed by atoms with Crippen molar-refractivity contribution in [1.29, 1.82) is 5.26 Å². The lowest BCUT2D eigenvalue weighted by atomic mass is 9.74. The van der Waals surface area contributed by atoms with Crippen molar-refractivity contribution in [3.05, 3.63) is 29.5 Å². The molecule has 28 heavy (non-hydrogen) atoms. The van der Waals surface area contributed by atoms with Crippen LogP contribution in [0.4, 0.5) is 0 Å². The molecule has 2 aromatic rings. The molecule has 0 aliphatic heterocycles. The third-order valence-corrected chi connectivity index (χ3v) is 6.25. The fraction of sp³-hybridized carbons (Fsp3) is 0.609. The van der Waals surface area contributed by atoms with Crippen molar-refractivity contribution in [1.82, 2.24) is 9.78 Å². The quantitative estimate of drug-likeness (QED) is 0.652. The minimum absolute atomic E-state index is 0.00763. The smallest absolute Gasteiger partial charge is 0.303 e. The second-order valence-electron chi connectivity index (χ2n) is 8.11. The van der Waals surface area contributed by atoms with Crippen LogP contribution < -0.4 is 0 Å². The Morgan fingerprint density at radius 1 is 1.29 bits per heavy atom. The molecule has 1 aromatic heterocycles. The first kappa shape index (κ1) is 20.4. The molecular weight excluding hydrogens is 350 g/mol. The Morgan fingerprint density at radius 2 is 2.04 bits per heavy atom. The molecule has 1 aliphatic rings. The highest BCUT2D eigenvalue weighted by molar-refractivity contribution is 5.83. The number of rotatable bonds is 8. The Balaban J connectivity index is 2.10. The van der Waals surface area contributed by atoms with Gasteiger partial charge in [-0.1, -0.05) is 51.7 Å². The van der Waals surface area contributed by atoms with E-state index in [1.54, 1.807) is 0 Å². The Labute approximate surface area is 167 Å². The topological polar surface area (TPSA) is 78.9 Å². The van der Waals surface area contributed by atoms with Crippen molar-refractivity contribution in [2.75, 3.05) is 0 Å². The SMILES string of the molecule is CCCC(C#N)(CCC(=O)O)c1ccc2c(CC)nn(C3CCCCC3)c2c1.